The van der Waals surface area contributed by atoms with E-state index >= 15 is 0 Å². The first kappa shape index (κ1) is 28.0. The maximum Gasteiger partial charge on any atom is 0.224 e. The Morgan fingerprint density at radius 2 is 1.66 bits per heavy atom. The summed E-state index contributed by atoms with van der Waals surface area (Å²) in [6.45, 7) is 3.40. The number of fused-ring (bicyclic) bond motifs is 1. The smallest absolute Gasteiger partial charge is 0.224 e. The number of aromatic nitrogens is 2. The fourth-order valence-electron chi connectivity index (χ4n) is 4.90. The lowest BCUT2D eigenvalue weighted by Crippen LogP contribution is -2.38. The van der Waals surface area contributed by atoms with Gasteiger partial charge in [0.1, 0.15) is 29.0 Å². The molecule has 0 saturated carbocycles. The van der Waals surface area contributed by atoms with E-state index in [-0.39, 0.29) is 23.4 Å². The van der Waals surface area contributed by atoms with Crippen molar-refractivity contribution in [1.82, 2.24) is 14.5 Å². The number of unbranched alkanes of at least 4 members (excludes halogenated alkanes) is 1. The zero-order chi connectivity index (χ0) is 28.8. The summed E-state index contributed by atoms with van der Waals surface area (Å²) < 4.78 is 29.6. The fourth-order valence-corrected chi connectivity index (χ4v) is 4.90. The van der Waals surface area contributed by atoms with Crippen LogP contribution < -0.4 is 10.6 Å². The van der Waals surface area contributed by atoms with E-state index < -0.39 is 0 Å². The number of aryl methyl sites for hydroxylation is 1. The zero-order valence-corrected chi connectivity index (χ0v) is 23.0. The Balaban J connectivity index is 1.26. The second-order valence-electron chi connectivity index (χ2n) is 10.2. The van der Waals surface area contributed by atoms with E-state index in [1.165, 1.54) is 24.3 Å². The minimum absolute atomic E-state index is 0.00909. The first-order chi connectivity index (χ1) is 19.9. The van der Waals surface area contributed by atoms with Crippen LogP contribution in [0.25, 0.3) is 11.3 Å². The first-order valence-corrected chi connectivity index (χ1v) is 13.9. The average molecular weight is 558 g/mol. The van der Waals surface area contributed by atoms with Crippen molar-refractivity contribution in [2.24, 2.45) is 0 Å². The van der Waals surface area contributed by atoms with Gasteiger partial charge in [0.2, 0.25) is 11.8 Å². The molecule has 2 heterocycles. The van der Waals surface area contributed by atoms with Gasteiger partial charge in [0.25, 0.3) is 0 Å². The van der Waals surface area contributed by atoms with E-state index in [1.807, 2.05) is 28.8 Å². The van der Waals surface area contributed by atoms with Gasteiger partial charge in [0, 0.05) is 42.9 Å². The van der Waals surface area contributed by atoms with Crippen LogP contribution in [0, 0.1) is 11.6 Å². The number of benzene rings is 3. The summed E-state index contributed by atoms with van der Waals surface area (Å²) >= 11 is 0. The summed E-state index contributed by atoms with van der Waals surface area (Å²) in [4.78, 5) is 31.7. The highest BCUT2D eigenvalue weighted by atomic mass is 19.1. The van der Waals surface area contributed by atoms with E-state index in [0.717, 1.165) is 24.1 Å². The molecule has 1 aliphatic rings. The molecule has 0 atom stereocenters. The van der Waals surface area contributed by atoms with Gasteiger partial charge in [0.15, 0.2) is 0 Å². The summed E-state index contributed by atoms with van der Waals surface area (Å²) in [5.41, 5.74) is 3.63. The molecule has 2 amide bonds. The minimum atomic E-state index is -0.370. The molecule has 0 saturated heterocycles. The Morgan fingerprint density at radius 1 is 0.902 bits per heavy atom. The number of nitrogens with zero attached hydrogens (tertiary/aromatic N) is 3. The van der Waals surface area contributed by atoms with Crippen molar-refractivity contribution in [3.8, 4) is 11.3 Å². The van der Waals surface area contributed by atoms with Gasteiger partial charge >= 0.3 is 0 Å². The molecule has 9 heteroatoms. The minimum Gasteiger partial charge on any atom is -0.340 e. The maximum atomic E-state index is 14.1. The molecule has 5 rings (SSSR count). The van der Waals surface area contributed by atoms with Crippen LogP contribution in [0.5, 0.6) is 0 Å². The molecule has 7 nitrogen and oxygen atoms in total. The number of nitrogens with one attached hydrogen (secondary N) is 2. The lowest BCUT2D eigenvalue weighted by atomic mass is 10.1. The van der Waals surface area contributed by atoms with Crippen LogP contribution in [0.4, 0.5) is 26.0 Å². The summed E-state index contributed by atoms with van der Waals surface area (Å²) in [5, 5.41) is 6.23. The number of imidazole rings is 1. The maximum absolute atomic E-state index is 14.1. The number of rotatable bonds is 10. The molecule has 1 aliphatic heterocycles. The summed E-state index contributed by atoms with van der Waals surface area (Å²) in [5.74, 6) is 0.689. The van der Waals surface area contributed by atoms with Gasteiger partial charge in [-0.25, -0.2) is 13.8 Å². The standard InChI is InChI=1S/C32H33F2N5O2/c1-2-3-7-29(40)35-26-13-8-22(9-14-26)10-17-30(41)38-18-19-39-28(21-38)37-31(23-5-4-6-25(34)20-23)32(39)36-27-15-11-24(33)12-16-27/h4-6,8-9,11-16,20,36H,2-3,7,10,17-19,21H2,1H3,(H,35,40). The van der Waals surface area contributed by atoms with Crippen LogP contribution in [0.1, 0.15) is 44.0 Å². The van der Waals surface area contributed by atoms with Crippen LogP contribution in [0.2, 0.25) is 0 Å². The molecule has 0 aliphatic carbocycles. The van der Waals surface area contributed by atoms with Gasteiger partial charge in [-0.3, -0.25) is 9.59 Å². The van der Waals surface area contributed by atoms with Crippen molar-refractivity contribution < 1.29 is 18.4 Å². The number of anilines is 3. The highest BCUT2D eigenvalue weighted by molar-refractivity contribution is 5.90. The molecule has 0 bridgehead atoms. The van der Waals surface area contributed by atoms with E-state index in [0.29, 0.717) is 67.5 Å². The summed E-state index contributed by atoms with van der Waals surface area (Å²) in [6.07, 6.45) is 3.27. The van der Waals surface area contributed by atoms with Crippen molar-refractivity contribution in [1.29, 1.82) is 0 Å². The highest BCUT2D eigenvalue weighted by Gasteiger charge is 2.27. The Morgan fingerprint density at radius 3 is 2.39 bits per heavy atom. The fraction of sp³-hybridized carbons (Fsp3) is 0.281. The third-order valence-corrected chi connectivity index (χ3v) is 7.15. The van der Waals surface area contributed by atoms with E-state index in [9.17, 15) is 18.4 Å². The van der Waals surface area contributed by atoms with Crippen LogP contribution >= 0.6 is 0 Å². The molecular weight excluding hydrogens is 524 g/mol. The number of carbonyl (C=O) groups is 2. The molecule has 212 valence electrons. The molecule has 41 heavy (non-hydrogen) atoms. The number of halogens is 2. The van der Waals surface area contributed by atoms with Gasteiger partial charge in [-0.1, -0.05) is 37.6 Å². The SMILES string of the molecule is CCCCC(=O)Nc1ccc(CCC(=O)N2CCn3c(nc(-c4cccc(F)c4)c3Nc3ccc(F)cc3)C2)cc1. The quantitative estimate of drug-likeness (QED) is 0.228. The molecule has 0 radical (unpaired) electrons. The van der Waals surface area contributed by atoms with Crippen molar-refractivity contribution in [3.05, 3.63) is 95.8 Å². The van der Waals surface area contributed by atoms with Crippen molar-refractivity contribution in [2.75, 3.05) is 17.2 Å². The lowest BCUT2D eigenvalue weighted by molar-refractivity contribution is -0.132. The Kier molecular flexibility index (Phi) is 8.72. The molecule has 0 fully saturated rings. The van der Waals surface area contributed by atoms with Crippen molar-refractivity contribution in [2.45, 2.75) is 52.1 Å². The van der Waals surface area contributed by atoms with E-state index in [1.54, 1.807) is 29.2 Å². The van der Waals surface area contributed by atoms with Crippen LogP contribution in [-0.2, 0) is 29.1 Å². The monoisotopic (exact) mass is 557 g/mol. The number of hydrogen-bond donors (Lipinski definition) is 2. The molecule has 0 unspecified atom stereocenters. The molecule has 1 aromatic heterocycles. The van der Waals surface area contributed by atoms with Gasteiger partial charge in [-0.15, -0.1) is 0 Å². The number of amides is 2. The normalized spacial score (nSPS) is 12.6. The van der Waals surface area contributed by atoms with Gasteiger partial charge in [-0.2, -0.15) is 0 Å². The third-order valence-electron chi connectivity index (χ3n) is 7.15. The van der Waals surface area contributed by atoms with Gasteiger partial charge < -0.3 is 20.1 Å². The summed E-state index contributed by atoms with van der Waals surface area (Å²) in [7, 11) is 0. The van der Waals surface area contributed by atoms with Crippen LogP contribution in [-0.4, -0.2) is 32.8 Å². The predicted molar refractivity (Wildman–Crippen MR) is 156 cm³/mol. The third kappa shape index (κ3) is 6.98. The zero-order valence-electron chi connectivity index (χ0n) is 23.0. The van der Waals surface area contributed by atoms with Crippen LogP contribution in [0.3, 0.4) is 0 Å². The second-order valence-corrected chi connectivity index (χ2v) is 10.2. The second kappa shape index (κ2) is 12.8. The average Bonchev–Trinajstić information content (AvgIpc) is 3.34. The number of hydrogen-bond acceptors (Lipinski definition) is 4. The first-order valence-electron chi connectivity index (χ1n) is 13.9. The Labute approximate surface area is 238 Å². The Hall–Kier alpha value is -4.53. The topological polar surface area (TPSA) is 79.3 Å². The molecule has 4 aromatic rings. The molecule has 0 spiro atoms. The Bertz CT molecular complexity index is 1520. The van der Waals surface area contributed by atoms with E-state index in [4.69, 9.17) is 4.98 Å². The van der Waals surface area contributed by atoms with Gasteiger partial charge in [-0.05, 0) is 66.9 Å². The van der Waals surface area contributed by atoms with Crippen molar-refractivity contribution in [3.63, 3.8) is 0 Å². The highest BCUT2D eigenvalue weighted by Crippen LogP contribution is 2.33. The molecular formula is C32H33F2N5O2. The van der Waals surface area contributed by atoms with Gasteiger partial charge in [0.05, 0.1) is 6.54 Å². The van der Waals surface area contributed by atoms with Crippen LogP contribution in [0.15, 0.2) is 72.8 Å². The summed E-state index contributed by atoms with van der Waals surface area (Å²) in [6, 6.07) is 19.8. The van der Waals surface area contributed by atoms with Crippen molar-refractivity contribution >= 4 is 29.0 Å². The number of carbonyl (C=O) groups excluding carboxylic acids is 2. The predicted octanol–water partition coefficient (Wildman–Crippen LogP) is 6.68. The van der Waals surface area contributed by atoms with E-state index in [2.05, 4.69) is 17.6 Å². The molecule has 2 N–H and O–H groups in total. The molecule has 3 aromatic carbocycles. The largest absolute Gasteiger partial charge is 0.340 e. The lowest BCUT2D eigenvalue weighted by Gasteiger charge is -2.28.